The number of fused-ring (bicyclic) bond motifs is 2. The van der Waals surface area contributed by atoms with Crippen molar-refractivity contribution in [1.82, 2.24) is 0 Å². The molecule has 1 aromatic rings. The molecule has 0 heterocycles. The lowest BCUT2D eigenvalue weighted by Crippen LogP contribution is -2.03. The fourth-order valence-electron chi connectivity index (χ4n) is 2.17. The largest absolute Gasteiger partial charge is 0.362 e. The van der Waals surface area contributed by atoms with Crippen LogP contribution in [0.15, 0.2) is 31.0 Å². The molecule has 0 amide bonds. The smallest absolute Gasteiger partial charge is 0.0444 e. The Morgan fingerprint density at radius 1 is 1.07 bits per heavy atom. The van der Waals surface area contributed by atoms with E-state index in [1.807, 2.05) is 0 Å². The van der Waals surface area contributed by atoms with E-state index in [9.17, 15) is 0 Å². The van der Waals surface area contributed by atoms with Crippen molar-refractivity contribution in [1.29, 1.82) is 0 Å². The highest BCUT2D eigenvalue weighted by Gasteiger charge is 2.09. The van der Waals surface area contributed by atoms with Gasteiger partial charge in [0.25, 0.3) is 0 Å². The first kappa shape index (κ1) is 9.32. The third-order valence-corrected chi connectivity index (χ3v) is 2.88. The summed E-state index contributed by atoms with van der Waals surface area (Å²) in [7, 11) is 0. The van der Waals surface area contributed by atoms with Crippen molar-refractivity contribution in [3.05, 3.63) is 42.1 Å². The Labute approximate surface area is 85.8 Å². The Morgan fingerprint density at radius 2 is 1.71 bits per heavy atom. The molecule has 0 spiro atoms. The molecule has 0 fully saturated rings. The Hall–Kier alpha value is -1.24. The summed E-state index contributed by atoms with van der Waals surface area (Å²) in [6, 6.07) is 6.62. The van der Waals surface area contributed by atoms with Gasteiger partial charge in [-0.2, -0.15) is 0 Å². The average Bonchev–Trinajstić information content (AvgIpc) is 2.21. The highest BCUT2D eigenvalue weighted by atomic mass is 14.8. The van der Waals surface area contributed by atoms with Gasteiger partial charge in [0.2, 0.25) is 0 Å². The number of aryl methyl sites for hydroxylation is 2. The summed E-state index contributed by atoms with van der Waals surface area (Å²) in [6.07, 6.45) is 8.17. The zero-order valence-corrected chi connectivity index (χ0v) is 8.55. The molecule has 0 atom stereocenters. The van der Waals surface area contributed by atoms with Crippen LogP contribution in [0.4, 0.5) is 5.69 Å². The molecule has 0 saturated heterocycles. The van der Waals surface area contributed by atoms with Gasteiger partial charge < -0.3 is 5.32 Å². The highest BCUT2D eigenvalue weighted by Crippen LogP contribution is 2.27. The van der Waals surface area contributed by atoms with Crippen molar-refractivity contribution >= 4 is 5.69 Å². The van der Waals surface area contributed by atoms with Crippen LogP contribution >= 0.6 is 0 Å². The molecule has 74 valence electrons. The van der Waals surface area contributed by atoms with Gasteiger partial charge in [0.05, 0.1) is 0 Å². The maximum absolute atomic E-state index is 3.74. The molecule has 1 heteroatoms. The second kappa shape index (κ2) is 4.32. The van der Waals surface area contributed by atoms with Gasteiger partial charge in [-0.25, -0.2) is 0 Å². The molecule has 0 aromatic heterocycles. The summed E-state index contributed by atoms with van der Waals surface area (Å²) in [5.74, 6) is 0. The van der Waals surface area contributed by atoms with E-state index in [1.54, 1.807) is 6.20 Å². The van der Waals surface area contributed by atoms with E-state index in [4.69, 9.17) is 0 Å². The van der Waals surface area contributed by atoms with Crippen molar-refractivity contribution in [2.24, 2.45) is 0 Å². The van der Waals surface area contributed by atoms with Crippen molar-refractivity contribution in [3.63, 3.8) is 0 Å². The molecule has 1 aliphatic carbocycles. The molecule has 0 radical (unpaired) electrons. The SMILES string of the molecule is C=CNc1c2cccc1CCCCC2. The zero-order chi connectivity index (χ0) is 9.80. The summed E-state index contributed by atoms with van der Waals surface area (Å²) in [4.78, 5) is 0. The minimum absolute atomic E-state index is 1.20. The molecular weight excluding hydrogens is 170 g/mol. The molecular formula is C13H17N. The van der Waals surface area contributed by atoms with Gasteiger partial charge in [-0.15, -0.1) is 0 Å². The summed E-state index contributed by atoms with van der Waals surface area (Å²) < 4.78 is 0. The summed E-state index contributed by atoms with van der Waals surface area (Å²) in [6.45, 7) is 3.74. The van der Waals surface area contributed by atoms with Crippen LogP contribution in [0.25, 0.3) is 0 Å². The van der Waals surface area contributed by atoms with Crippen LogP contribution in [0, 0.1) is 0 Å². The van der Waals surface area contributed by atoms with E-state index in [1.165, 1.54) is 48.9 Å². The molecule has 0 unspecified atom stereocenters. The van der Waals surface area contributed by atoms with Crippen LogP contribution in [-0.2, 0) is 12.8 Å². The molecule has 1 N–H and O–H groups in total. The zero-order valence-electron chi connectivity index (χ0n) is 8.55. The minimum atomic E-state index is 1.20. The van der Waals surface area contributed by atoms with Crippen LogP contribution in [0.1, 0.15) is 30.4 Å². The average molecular weight is 187 g/mol. The van der Waals surface area contributed by atoms with Crippen molar-refractivity contribution < 1.29 is 0 Å². The number of hydrogen-bond donors (Lipinski definition) is 1. The summed E-state index contributed by atoms with van der Waals surface area (Å²) in [5, 5.41) is 3.28. The molecule has 1 aromatic carbocycles. The van der Waals surface area contributed by atoms with Crippen LogP contribution in [-0.4, -0.2) is 0 Å². The predicted molar refractivity (Wildman–Crippen MR) is 61.5 cm³/mol. The lowest BCUT2D eigenvalue weighted by Gasteiger charge is -2.17. The Morgan fingerprint density at radius 3 is 2.29 bits per heavy atom. The first-order valence-electron chi connectivity index (χ1n) is 5.40. The summed E-state index contributed by atoms with van der Waals surface area (Å²) in [5.41, 5.74) is 4.20. The first-order chi connectivity index (χ1) is 6.92. The van der Waals surface area contributed by atoms with E-state index in [2.05, 4.69) is 30.1 Å². The van der Waals surface area contributed by atoms with Gasteiger partial charge in [-0.05, 0) is 43.0 Å². The molecule has 2 rings (SSSR count). The molecule has 0 saturated carbocycles. The van der Waals surface area contributed by atoms with Crippen LogP contribution < -0.4 is 5.32 Å². The number of anilines is 1. The third kappa shape index (κ3) is 1.82. The fourth-order valence-corrected chi connectivity index (χ4v) is 2.17. The van der Waals surface area contributed by atoms with Crippen molar-refractivity contribution in [3.8, 4) is 0 Å². The fraction of sp³-hybridized carbons (Fsp3) is 0.385. The van der Waals surface area contributed by atoms with E-state index < -0.39 is 0 Å². The normalized spacial score (nSPS) is 15.4. The quantitative estimate of drug-likeness (QED) is 0.747. The number of para-hydroxylation sites is 1. The van der Waals surface area contributed by atoms with Crippen LogP contribution in [0.3, 0.4) is 0 Å². The molecule has 1 nitrogen and oxygen atoms in total. The van der Waals surface area contributed by atoms with Gasteiger partial charge in [-0.3, -0.25) is 0 Å². The number of nitrogens with one attached hydrogen (secondary N) is 1. The lowest BCUT2D eigenvalue weighted by atomic mass is 9.94. The first-order valence-corrected chi connectivity index (χ1v) is 5.40. The lowest BCUT2D eigenvalue weighted by molar-refractivity contribution is 0.668. The van der Waals surface area contributed by atoms with E-state index in [0.29, 0.717) is 0 Å². The predicted octanol–water partition coefficient (Wildman–Crippen LogP) is 3.51. The van der Waals surface area contributed by atoms with Gasteiger partial charge in [0.15, 0.2) is 0 Å². The maximum Gasteiger partial charge on any atom is 0.0444 e. The highest BCUT2D eigenvalue weighted by molar-refractivity contribution is 5.59. The van der Waals surface area contributed by atoms with Crippen LogP contribution in [0.5, 0.6) is 0 Å². The van der Waals surface area contributed by atoms with E-state index in [-0.39, 0.29) is 0 Å². The van der Waals surface area contributed by atoms with Crippen molar-refractivity contribution in [2.75, 3.05) is 5.32 Å². The molecule has 2 bridgehead atoms. The van der Waals surface area contributed by atoms with Gasteiger partial charge in [0.1, 0.15) is 0 Å². The summed E-state index contributed by atoms with van der Waals surface area (Å²) >= 11 is 0. The van der Waals surface area contributed by atoms with Gasteiger partial charge >= 0.3 is 0 Å². The minimum Gasteiger partial charge on any atom is -0.362 e. The second-order valence-corrected chi connectivity index (χ2v) is 3.86. The van der Waals surface area contributed by atoms with Crippen LogP contribution in [0.2, 0.25) is 0 Å². The van der Waals surface area contributed by atoms with Gasteiger partial charge in [-0.1, -0.05) is 31.2 Å². The monoisotopic (exact) mass is 187 g/mol. The number of benzene rings is 1. The Kier molecular flexibility index (Phi) is 2.87. The Bertz CT molecular complexity index is 304. The second-order valence-electron chi connectivity index (χ2n) is 3.86. The molecule has 0 aliphatic heterocycles. The third-order valence-electron chi connectivity index (χ3n) is 2.88. The number of rotatable bonds is 2. The molecule has 14 heavy (non-hydrogen) atoms. The van der Waals surface area contributed by atoms with E-state index in [0.717, 1.165) is 0 Å². The van der Waals surface area contributed by atoms with Crippen molar-refractivity contribution in [2.45, 2.75) is 32.1 Å². The maximum atomic E-state index is 3.74. The standard InChI is InChI=1S/C13H17N/c1-2-14-13-11-7-4-3-5-8-12(13)10-6-9-11/h2,6,9-10,14H,1,3-5,7-8H2. The topological polar surface area (TPSA) is 12.0 Å². The Balaban J connectivity index is 2.40. The molecule has 1 aliphatic rings. The van der Waals surface area contributed by atoms with E-state index >= 15 is 0 Å². The van der Waals surface area contributed by atoms with Gasteiger partial charge in [0, 0.05) is 5.69 Å². The number of hydrogen-bond acceptors (Lipinski definition) is 1.